The van der Waals surface area contributed by atoms with Crippen LogP contribution in [0.2, 0.25) is 0 Å². The van der Waals surface area contributed by atoms with Crippen LogP contribution in [0.15, 0.2) is 30.6 Å². The Morgan fingerprint density at radius 3 is 2.71 bits per heavy atom. The molecule has 17 heavy (non-hydrogen) atoms. The van der Waals surface area contributed by atoms with Crippen molar-refractivity contribution in [3.63, 3.8) is 0 Å². The first-order valence-corrected chi connectivity index (χ1v) is 5.42. The van der Waals surface area contributed by atoms with Crippen LogP contribution in [0, 0.1) is 11.3 Å². The molecule has 1 aromatic carbocycles. The van der Waals surface area contributed by atoms with Gasteiger partial charge >= 0.3 is 0 Å². The van der Waals surface area contributed by atoms with E-state index in [2.05, 4.69) is 10.1 Å². The normalized spacial score (nSPS) is 10.1. The van der Waals surface area contributed by atoms with Crippen LogP contribution >= 0.6 is 0 Å². The Morgan fingerprint density at radius 1 is 1.29 bits per heavy atom. The van der Waals surface area contributed by atoms with E-state index >= 15 is 0 Å². The Hall–Kier alpha value is -2.35. The van der Waals surface area contributed by atoms with Gasteiger partial charge in [-0.05, 0) is 30.5 Å². The second kappa shape index (κ2) is 5.12. The number of nitrogens with zero attached hydrogens (tertiary/aromatic N) is 4. The quantitative estimate of drug-likeness (QED) is 0.800. The van der Waals surface area contributed by atoms with Crippen LogP contribution in [-0.4, -0.2) is 14.8 Å². The van der Waals surface area contributed by atoms with Gasteiger partial charge in [0.15, 0.2) is 0 Å². The molecule has 0 aliphatic heterocycles. The summed E-state index contributed by atoms with van der Waals surface area (Å²) in [4.78, 5) is 3.85. The zero-order chi connectivity index (χ0) is 12.1. The zero-order valence-electron chi connectivity index (χ0n) is 9.37. The van der Waals surface area contributed by atoms with Gasteiger partial charge in [0.1, 0.15) is 12.4 Å². The van der Waals surface area contributed by atoms with Crippen LogP contribution in [0.3, 0.4) is 0 Å². The van der Waals surface area contributed by atoms with Crippen LogP contribution < -0.4 is 5.73 Å². The lowest BCUT2D eigenvalue weighted by Crippen LogP contribution is -2.00. The van der Waals surface area contributed by atoms with Gasteiger partial charge < -0.3 is 5.73 Å². The van der Waals surface area contributed by atoms with Crippen LogP contribution in [0.5, 0.6) is 0 Å². The summed E-state index contributed by atoms with van der Waals surface area (Å²) in [6.45, 7) is 0.763. The van der Waals surface area contributed by atoms with Crippen molar-refractivity contribution in [2.75, 3.05) is 5.73 Å². The number of hydrogen-bond donors (Lipinski definition) is 1. The van der Waals surface area contributed by atoms with Gasteiger partial charge in [0, 0.05) is 12.2 Å². The van der Waals surface area contributed by atoms with Crippen molar-refractivity contribution in [1.29, 1.82) is 5.26 Å². The highest BCUT2D eigenvalue weighted by atomic mass is 15.3. The number of hydrogen-bond acceptors (Lipinski definition) is 4. The highest BCUT2D eigenvalue weighted by Gasteiger charge is 1.99. The van der Waals surface area contributed by atoms with E-state index in [0.717, 1.165) is 25.1 Å². The van der Waals surface area contributed by atoms with Crippen molar-refractivity contribution >= 4 is 5.69 Å². The molecule has 0 spiro atoms. The van der Waals surface area contributed by atoms with Crippen molar-refractivity contribution in [1.82, 2.24) is 14.8 Å². The molecule has 1 aromatic heterocycles. The maximum Gasteiger partial charge on any atom is 0.252 e. The molecule has 0 amide bonds. The van der Waals surface area contributed by atoms with E-state index < -0.39 is 0 Å². The molecule has 86 valence electrons. The number of anilines is 1. The molecular weight excluding hydrogens is 214 g/mol. The SMILES string of the molecule is N#Cc1ncn(CCCc2ccc(N)cc2)n1. The molecule has 0 aliphatic carbocycles. The minimum absolute atomic E-state index is 0.220. The van der Waals surface area contributed by atoms with Gasteiger partial charge in [-0.2, -0.15) is 5.26 Å². The molecule has 0 atom stereocenters. The summed E-state index contributed by atoms with van der Waals surface area (Å²) in [6, 6.07) is 9.76. The highest BCUT2D eigenvalue weighted by molar-refractivity contribution is 5.39. The lowest BCUT2D eigenvalue weighted by Gasteiger charge is -2.02. The second-order valence-electron chi connectivity index (χ2n) is 3.79. The second-order valence-corrected chi connectivity index (χ2v) is 3.79. The summed E-state index contributed by atoms with van der Waals surface area (Å²) in [5.74, 6) is 0.220. The van der Waals surface area contributed by atoms with Crippen LogP contribution in [-0.2, 0) is 13.0 Å². The van der Waals surface area contributed by atoms with Crippen molar-refractivity contribution in [3.05, 3.63) is 42.0 Å². The zero-order valence-corrected chi connectivity index (χ0v) is 9.37. The van der Waals surface area contributed by atoms with Gasteiger partial charge in [0.05, 0.1) is 0 Å². The molecule has 5 nitrogen and oxygen atoms in total. The highest BCUT2D eigenvalue weighted by Crippen LogP contribution is 2.08. The number of nitriles is 1. The Morgan fingerprint density at radius 2 is 2.06 bits per heavy atom. The van der Waals surface area contributed by atoms with Crippen molar-refractivity contribution < 1.29 is 0 Å². The lowest BCUT2D eigenvalue weighted by atomic mass is 10.1. The standard InChI is InChI=1S/C12H13N5/c13-8-12-15-9-17(16-12)7-1-2-10-3-5-11(14)6-4-10/h3-6,9H,1-2,7,14H2. The van der Waals surface area contributed by atoms with Gasteiger partial charge in [-0.25, -0.2) is 4.98 Å². The summed E-state index contributed by atoms with van der Waals surface area (Å²) in [7, 11) is 0. The van der Waals surface area contributed by atoms with Gasteiger partial charge in [-0.15, -0.1) is 5.10 Å². The molecule has 5 heteroatoms. The summed E-state index contributed by atoms with van der Waals surface area (Å²) in [6.07, 6.45) is 3.50. The average Bonchev–Trinajstić information content (AvgIpc) is 2.80. The molecule has 2 rings (SSSR count). The van der Waals surface area contributed by atoms with Gasteiger partial charge in [-0.3, -0.25) is 4.68 Å². The summed E-state index contributed by atoms with van der Waals surface area (Å²) in [5.41, 5.74) is 7.64. The van der Waals surface area contributed by atoms with E-state index in [1.54, 1.807) is 11.0 Å². The minimum atomic E-state index is 0.220. The number of benzene rings is 1. The smallest absolute Gasteiger partial charge is 0.252 e. The number of nitrogen functional groups attached to an aromatic ring is 1. The summed E-state index contributed by atoms with van der Waals surface area (Å²) < 4.78 is 1.69. The molecule has 0 aliphatic rings. The first-order chi connectivity index (χ1) is 8.28. The van der Waals surface area contributed by atoms with Gasteiger partial charge in [0.25, 0.3) is 5.82 Å². The molecule has 0 fully saturated rings. The van der Waals surface area contributed by atoms with E-state index in [-0.39, 0.29) is 5.82 Å². The van der Waals surface area contributed by atoms with Crippen molar-refractivity contribution in [2.24, 2.45) is 0 Å². The predicted molar refractivity (Wildman–Crippen MR) is 63.9 cm³/mol. The molecular formula is C12H13N5. The van der Waals surface area contributed by atoms with Gasteiger partial charge in [0.2, 0.25) is 0 Å². The van der Waals surface area contributed by atoms with Crippen molar-refractivity contribution in [2.45, 2.75) is 19.4 Å². The van der Waals surface area contributed by atoms with Gasteiger partial charge in [-0.1, -0.05) is 12.1 Å². The molecule has 0 saturated heterocycles. The Balaban J connectivity index is 1.83. The molecule has 0 bridgehead atoms. The van der Waals surface area contributed by atoms with E-state index in [0.29, 0.717) is 0 Å². The lowest BCUT2D eigenvalue weighted by molar-refractivity contribution is 0.576. The first kappa shape index (κ1) is 11.1. The molecule has 0 unspecified atom stereocenters. The maximum absolute atomic E-state index is 8.58. The molecule has 1 heterocycles. The van der Waals surface area contributed by atoms with Crippen LogP contribution in [0.1, 0.15) is 17.8 Å². The van der Waals surface area contributed by atoms with Crippen LogP contribution in [0.4, 0.5) is 5.69 Å². The van der Waals surface area contributed by atoms with Crippen molar-refractivity contribution in [3.8, 4) is 6.07 Å². The number of aryl methyl sites for hydroxylation is 2. The maximum atomic E-state index is 8.58. The molecule has 0 radical (unpaired) electrons. The average molecular weight is 227 g/mol. The minimum Gasteiger partial charge on any atom is -0.399 e. The Bertz CT molecular complexity index is 521. The third-order valence-corrected chi connectivity index (χ3v) is 2.47. The van der Waals surface area contributed by atoms with E-state index in [9.17, 15) is 0 Å². The number of rotatable bonds is 4. The fraction of sp³-hybridized carbons (Fsp3) is 0.250. The summed E-state index contributed by atoms with van der Waals surface area (Å²) in [5, 5.41) is 12.6. The molecule has 2 aromatic rings. The van der Waals surface area contributed by atoms with E-state index in [4.69, 9.17) is 11.0 Å². The molecule has 0 saturated carbocycles. The number of nitrogens with two attached hydrogens (primary N) is 1. The van der Waals surface area contributed by atoms with E-state index in [1.165, 1.54) is 5.56 Å². The third kappa shape index (κ3) is 3.05. The summed E-state index contributed by atoms with van der Waals surface area (Å²) >= 11 is 0. The Kier molecular flexibility index (Phi) is 3.36. The first-order valence-electron chi connectivity index (χ1n) is 5.42. The monoisotopic (exact) mass is 227 g/mol. The Labute approximate surface area is 99.5 Å². The fourth-order valence-electron chi connectivity index (χ4n) is 1.58. The molecule has 2 N–H and O–H groups in total. The fourth-order valence-corrected chi connectivity index (χ4v) is 1.58. The largest absolute Gasteiger partial charge is 0.399 e. The number of aromatic nitrogens is 3. The third-order valence-electron chi connectivity index (χ3n) is 2.47. The van der Waals surface area contributed by atoms with Crippen LogP contribution in [0.25, 0.3) is 0 Å². The predicted octanol–water partition coefficient (Wildman–Crippen LogP) is 1.36. The van der Waals surface area contributed by atoms with E-state index in [1.807, 2.05) is 30.3 Å². The topological polar surface area (TPSA) is 80.5 Å².